The molecule has 1 fully saturated rings. The van der Waals surface area contributed by atoms with Crippen LogP contribution in [-0.4, -0.2) is 28.7 Å². The first-order chi connectivity index (χ1) is 10.6. The van der Waals surface area contributed by atoms with Crippen molar-refractivity contribution >= 4 is 11.5 Å². The van der Waals surface area contributed by atoms with E-state index in [-0.39, 0.29) is 22.8 Å². The Labute approximate surface area is 131 Å². The topological polar surface area (TPSA) is 77.3 Å². The third-order valence-electron chi connectivity index (χ3n) is 4.54. The minimum Gasteiger partial charge on any atom is -0.378 e. The summed E-state index contributed by atoms with van der Waals surface area (Å²) in [7, 11) is 0. The van der Waals surface area contributed by atoms with E-state index in [0.717, 1.165) is 25.7 Å². The zero-order valence-electron chi connectivity index (χ0n) is 13.5. The lowest BCUT2D eigenvalue weighted by molar-refractivity contribution is -0.384. The number of hydrogen-bond acceptors (Lipinski definition) is 5. The number of pyridine rings is 1. The van der Waals surface area contributed by atoms with E-state index in [2.05, 4.69) is 24.1 Å². The summed E-state index contributed by atoms with van der Waals surface area (Å²) < 4.78 is 5.90. The summed E-state index contributed by atoms with van der Waals surface area (Å²) in [6, 6.07) is 1.84. The third kappa shape index (κ3) is 3.74. The van der Waals surface area contributed by atoms with Gasteiger partial charge in [-0.3, -0.25) is 10.1 Å². The van der Waals surface area contributed by atoms with E-state index in [1.165, 1.54) is 0 Å². The van der Waals surface area contributed by atoms with Crippen LogP contribution in [-0.2, 0) is 4.74 Å². The minimum absolute atomic E-state index is 0.0769. The first-order valence-corrected chi connectivity index (χ1v) is 8.04. The van der Waals surface area contributed by atoms with Crippen LogP contribution in [0.5, 0.6) is 0 Å². The molecule has 0 saturated carbocycles. The molecule has 2 unspecified atom stereocenters. The van der Waals surface area contributed by atoms with Crippen LogP contribution < -0.4 is 5.32 Å². The molecule has 0 amide bonds. The van der Waals surface area contributed by atoms with Gasteiger partial charge in [0, 0.05) is 24.4 Å². The number of aryl methyl sites for hydroxylation is 1. The molecule has 6 heteroatoms. The fourth-order valence-electron chi connectivity index (χ4n) is 3.18. The lowest BCUT2D eigenvalue weighted by Gasteiger charge is -2.34. The Hall–Kier alpha value is -1.69. The summed E-state index contributed by atoms with van der Waals surface area (Å²) >= 11 is 0. The smallest absolute Gasteiger partial charge is 0.314 e. The molecule has 1 aliphatic rings. The van der Waals surface area contributed by atoms with Crippen molar-refractivity contribution in [2.24, 2.45) is 5.92 Å². The number of rotatable bonds is 6. The van der Waals surface area contributed by atoms with Gasteiger partial charge in [-0.1, -0.05) is 26.7 Å². The molecule has 0 aromatic carbocycles. The van der Waals surface area contributed by atoms with Gasteiger partial charge in [-0.25, -0.2) is 4.98 Å². The molecule has 0 spiro atoms. The van der Waals surface area contributed by atoms with E-state index in [0.29, 0.717) is 23.9 Å². The van der Waals surface area contributed by atoms with Crippen LogP contribution in [0.3, 0.4) is 0 Å². The van der Waals surface area contributed by atoms with Crippen molar-refractivity contribution in [1.82, 2.24) is 4.98 Å². The maximum absolute atomic E-state index is 11.3. The first kappa shape index (κ1) is 16.7. The molecule has 2 atom stereocenters. The van der Waals surface area contributed by atoms with Gasteiger partial charge < -0.3 is 10.1 Å². The molecular weight excluding hydrogens is 282 g/mol. The second-order valence-electron chi connectivity index (χ2n) is 5.93. The van der Waals surface area contributed by atoms with Crippen LogP contribution in [0, 0.1) is 23.0 Å². The normalized spacial score (nSPS) is 21.8. The zero-order chi connectivity index (χ0) is 16.1. The lowest BCUT2D eigenvalue weighted by Crippen LogP contribution is -2.38. The van der Waals surface area contributed by atoms with Gasteiger partial charge in [0.15, 0.2) is 0 Å². The van der Waals surface area contributed by atoms with E-state index in [1.54, 1.807) is 19.2 Å². The number of ether oxygens (including phenoxy) is 1. The molecule has 2 heterocycles. The van der Waals surface area contributed by atoms with E-state index in [1.807, 2.05) is 0 Å². The van der Waals surface area contributed by atoms with Gasteiger partial charge in [-0.15, -0.1) is 0 Å². The van der Waals surface area contributed by atoms with Gasteiger partial charge in [0.05, 0.1) is 11.0 Å². The number of nitro groups is 1. The highest BCUT2D eigenvalue weighted by molar-refractivity contribution is 5.60. The number of hydrogen-bond donors (Lipinski definition) is 1. The molecule has 0 aliphatic carbocycles. The SMILES string of the molecule is CCC(CC)C1CC(Nc2nccc(C)c2[N+](=O)[O-])CCO1. The average molecular weight is 307 g/mol. The largest absolute Gasteiger partial charge is 0.378 e. The summed E-state index contributed by atoms with van der Waals surface area (Å²) in [5, 5.41) is 14.5. The molecule has 2 rings (SSSR count). The molecule has 1 N–H and O–H groups in total. The summed E-state index contributed by atoms with van der Waals surface area (Å²) in [6.07, 6.45) is 5.75. The van der Waals surface area contributed by atoms with Crippen molar-refractivity contribution in [2.45, 2.75) is 58.6 Å². The molecule has 1 aromatic rings. The fraction of sp³-hybridized carbons (Fsp3) is 0.688. The maximum Gasteiger partial charge on any atom is 0.314 e. The van der Waals surface area contributed by atoms with Crippen LogP contribution in [0.15, 0.2) is 12.3 Å². The molecule has 0 radical (unpaired) electrons. The fourth-order valence-corrected chi connectivity index (χ4v) is 3.18. The van der Waals surface area contributed by atoms with E-state index < -0.39 is 0 Å². The van der Waals surface area contributed by atoms with Gasteiger partial charge in [-0.05, 0) is 31.7 Å². The van der Waals surface area contributed by atoms with E-state index in [9.17, 15) is 10.1 Å². The van der Waals surface area contributed by atoms with Crippen molar-refractivity contribution in [3.8, 4) is 0 Å². The van der Waals surface area contributed by atoms with Crippen LogP contribution in [0.2, 0.25) is 0 Å². The first-order valence-electron chi connectivity index (χ1n) is 8.04. The number of anilines is 1. The quantitative estimate of drug-likeness (QED) is 0.640. The van der Waals surface area contributed by atoms with E-state index >= 15 is 0 Å². The lowest BCUT2D eigenvalue weighted by atomic mass is 9.89. The average Bonchev–Trinajstić information content (AvgIpc) is 2.48. The summed E-state index contributed by atoms with van der Waals surface area (Å²) in [5.74, 6) is 0.922. The van der Waals surface area contributed by atoms with Crippen LogP contribution in [0.4, 0.5) is 11.5 Å². The zero-order valence-corrected chi connectivity index (χ0v) is 13.5. The number of aromatic nitrogens is 1. The minimum atomic E-state index is -0.359. The Kier molecular flexibility index (Phi) is 5.71. The standard InChI is InChI=1S/C16H25N3O3/c1-4-12(5-2)14-10-13(7-9-22-14)18-16-15(19(20)21)11(3)6-8-17-16/h6,8,12-14H,4-5,7,9-10H2,1-3H3,(H,17,18). The monoisotopic (exact) mass is 307 g/mol. The Morgan fingerprint density at radius 3 is 2.86 bits per heavy atom. The van der Waals surface area contributed by atoms with Crippen LogP contribution in [0.1, 0.15) is 45.1 Å². The molecule has 0 bridgehead atoms. The Morgan fingerprint density at radius 1 is 1.50 bits per heavy atom. The Balaban J connectivity index is 2.11. The summed E-state index contributed by atoms with van der Waals surface area (Å²) in [5.41, 5.74) is 0.708. The highest BCUT2D eigenvalue weighted by atomic mass is 16.6. The van der Waals surface area contributed by atoms with Crippen LogP contribution in [0.25, 0.3) is 0 Å². The highest BCUT2D eigenvalue weighted by Gasteiger charge is 2.29. The van der Waals surface area contributed by atoms with Crippen molar-refractivity contribution in [1.29, 1.82) is 0 Å². The second kappa shape index (κ2) is 7.54. The summed E-state index contributed by atoms with van der Waals surface area (Å²) in [4.78, 5) is 15.1. The van der Waals surface area contributed by atoms with Crippen molar-refractivity contribution in [3.05, 3.63) is 27.9 Å². The Morgan fingerprint density at radius 2 is 2.23 bits per heavy atom. The number of nitrogens with one attached hydrogen (secondary N) is 1. The molecule has 1 aromatic heterocycles. The molecule has 22 heavy (non-hydrogen) atoms. The van der Waals surface area contributed by atoms with Gasteiger partial charge in [0.1, 0.15) is 0 Å². The summed E-state index contributed by atoms with van der Waals surface area (Å²) in [6.45, 7) is 6.80. The van der Waals surface area contributed by atoms with Crippen LogP contribution >= 0.6 is 0 Å². The second-order valence-corrected chi connectivity index (χ2v) is 5.93. The molecular formula is C16H25N3O3. The van der Waals surface area contributed by atoms with Gasteiger partial charge in [0.2, 0.25) is 5.82 Å². The van der Waals surface area contributed by atoms with Gasteiger partial charge >= 0.3 is 5.69 Å². The predicted octanol–water partition coefficient (Wildman–Crippen LogP) is 3.69. The highest BCUT2D eigenvalue weighted by Crippen LogP contribution is 2.30. The van der Waals surface area contributed by atoms with Gasteiger partial charge in [-0.2, -0.15) is 0 Å². The number of nitrogens with zero attached hydrogens (tertiary/aromatic N) is 2. The maximum atomic E-state index is 11.3. The van der Waals surface area contributed by atoms with Crippen molar-refractivity contribution in [2.75, 3.05) is 11.9 Å². The predicted molar refractivity (Wildman–Crippen MR) is 86.1 cm³/mol. The Bertz CT molecular complexity index is 517. The molecule has 6 nitrogen and oxygen atoms in total. The van der Waals surface area contributed by atoms with Gasteiger partial charge in [0.25, 0.3) is 0 Å². The van der Waals surface area contributed by atoms with Crippen molar-refractivity contribution in [3.63, 3.8) is 0 Å². The molecule has 1 saturated heterocycles. The molecule has 1 aliphatic heterocycles. The molecule has 122 valence electrons. The third-order valence-corrected chi connectivity index (χ3v) is 4.54. The van der Waals surface area contributed by atoms with E-state index in [4.69, 9.17) is 4.74 Å². The van der Waals surface area contributed by atoms with Crippen molar-refractivity contribution < 1.29 is 9.66 Å².